The second-order valence-corrected chi connectivity index (χ2v) is 5.61. The van der Waals surface area contributed by atoms with Gasteiger partial charge in [0, 0.05) is 5.33 Å². The zero-order valence-corrected chi connectivity index (χ0v) is 12.3. The maximum atomic E-state index is 11.9. The second kappa shape index (κ2) is 4.79. The Morgan fingerprint density at radius 3 is 2.71 bits per heavy atom. The Morgan fingerprint density at radius 2 is 2.24 bits per heavy atom. The topological polar surface area (TPSA) is 26.3 Å². The van der Waals surface area contributed by atoms with Gasteiger partial charge in [0.15, 0.2) is 0 Å². The fourth-order valence-corrected chi connectivity index (χ4v) is 3.27. The number of halogens is 3. The van der Waals surface area contributed by atoms with Gasteiger partial charge in [-0.3, -0.25) is 4.79 Å². The molecule has 1 saturated carbocycles. The zero-order valence-electron chi connectivity index (χ0n) is 9.17. The van der Waals surface area contributed by atoms with Crippen LogP contribution in [0.4, 0.5) is 0 Å². The van der Waals surface area contributed by atoms with Gasteiger partial charge in [0.2, 0.25) is 0 Å². The quantitative estimate of drug-likeness (QED) is 0.619. The summed E-state index contributed by atoms with van der Waals surface area (Å²) in [5.41, 5.74) is 0.329. The summed E-state index contributed by atoms with van der Waals surface area (Å²) in [6.45, 7) is 0. The Bertz CT molecular complexity index is 464. The molecule has 0 radical (unpaired) electrons. The summed E-state index contributed by atoms with van der Waals surface area (Å²) in [5.74, 6) is 0.0486. The highest BCUT2D eigenvalue weighted by Crippen LogP contribution is 2.56. The lowest BCUT2D eigenvalue weighted by molar-refractivity contribution is -0.144. The van der Waals surface area contributed by atoms with Crippen molar-refractivity contribution in [2.45, 2.75) is 11.8 Å². The van der Waals surface area contributed by atoms with Gasteiger partial charge in [-0.2, -0.15) is 0 Å². The number of hydrogen-bond donors (Lipinski definition) is 0. The molecule has 1 fully saturated rings. The number of hydrogen-bond acceptors (Lipinski definition) is 2. The second-order valence-electron chi connectivity index (χ2n) is 4.15. The van der Waals surface area contributed by atoms with E-state index in [1.165, 1.54) is 7.11 Å². The summed E-state index contributed by atoms with van der Waals surface area (Å²) < 4.78 is 4.90. The van der Waals surface area contributed by atoms with Crippen LogP contribution in [0, 0.1) is 5.92 Å². The number of ether oxygens (including phenoxy) is 1. The third kappa shape index (κ3) is 2.09. The molecule has 2 atom stereocenters. The molecule has 0 N–H and O–H groups in total. The van der Waals surface area contributed by atoms with Gasteiger partial charge in [-0.15, -0.1) is 0 Å². The van der Waals surface area contributed by atoms with E-state index in [0.717, 1.165) is 17.3 Å². The lowest BCUT2D eigenvalue weighted by Crippen LogP contribution is -2.25. The minimum absolute atomic E-state index is 0.208. The molecule has 2 nitrogen and oxygen atoms in total. The van der Waals surface area contributed by atoms with Crippen molar-refractivity contribution in [3.8, 4) is 0 Å². The van der Waals surface area contributed by atoms with Gasteiger partial charge in [0.05, 0.1) is 22.6 Å². The monoisotopic (exact) mass is 336 g/mol. The van der Waals surface area contributed by atoms with Crippen LogP contribution in [-0.2, 0) is 14.9 Å². The van der Waals surface area contributed by atoms with E-state index in [1.54, 1.807) is 12.1 Å². The molecule has 0 aromatic heterocycles. The Balaban J connectivity index is 2.41. The van der Waals surface area contributed by atoms with Gasteiger partial charge in [0.25, 0.3) is 0 Å². The molecule has 1 aromatic rings. The summed E-state index contributed by atoms with van der Waals surface area (Å²) in [5, 5.41) is 1.72. The molecule has 1 aliphatic rings. The molecule has 1 aliphatic carbocycles. The fourth-order valence-electron chi connectivity index (χ4n) is 2.19. The summed E-state index contributed by atoms with van der Waals surface area (Å²) in [4.78, 5) is 11.9. The molecule has 2 rings (SSSR count). The highest BCUT2D eigenvalue weighted by atomic mass is 79.9. The first kappa shape index (κ1) is 13.2. The average molecular weight is 338 g/mol. The number of alkyl halides is 1. The van der Waals surface area contributed by atoms with E-state index in [2.05, 4.69) is 15.9 Å². The van der Waals surface area contributed by atoms with Crippen molar-refractivity contribution in [1.29, 1.82) is 0 Å². The van der Waals surface area contributed by atoms with E-state index in [4.69, 9.17) is 27.9 Å². The van der Waals surface area contributed by atoms with Gasteiger partial charge in [-0.25, -0.2) is 0 Å². The van der Waals surface area contributed by atoms with Crippen LogP contribution in [-0.4, -0.2) is 18.4 Å². The van der Waals surface area contributed by atoms with Gasteiger partial charge < -0.3 is 4.74 Å². The predicted molar refractivity (Wildman–Crippen MR) is 72.1 cm³/mol. The van der Waals surface area contributed by atoms with Crippen LogP contribution in [0.15, 0.2) is 18.2 Å². The van der Waals surface area contributed by atoms with E-state index < -0.39 is 5.41 Å². The summed E-state index contributed by atoms with van der Waals surface area (Å²) >= 11 is 15.3. The molecule has 5 heteroatoms. The first-order valence-electron chi connectivity index (χ1n) is 5.16. The molecule has 0 aliphatic heterocycles. The van der Waals surface area contributed by atoms with Crippen LogP contribution in [0.25, 0.3) is 0 Å². The third-order valence-electron chi connectivity index (χ3n) is 3.28. The van der Waals surface area contributed by atoms with Crippen LogP contribution in [0.5, 0.6) is 0 Å². The SMILES string of the molecule is COC(=O)C1(c2ccc(Cl)c(Cl)c2)C[C@H]1CBr. The number of esters is 1. The van der Waals surface area contributed by atoms with Gasteiger partial charge >= 0.3 is 5.97 Å². The van der Waals surface area contributed by atoms with Crippen molar-refractivity contribution >= 4 is 45.1 Å². The highest BCUT2D eigenvalue weighted by molar-refractivity contribution is 9.09. The van der Waals surface area contributed by atoms with Gasteiger partial charge in [-0.05, 0) is 30.0 Å². The Hall–Kier alpha value is -0.250. The molecule has 92 valence electrons. The Kier molecular flexibility index (Phi) is 3.71. The van der Waals surface area contributed by atoms with E-state index in [9.17, 15) is 4.79 Å². The molecular formula is C12H11BrCl2O2. The number of carbonyl (C=O) groups is 1. The molecule has 0 saturated heterocycles. The smallest absolute Gasteiger partial charge is 0.316 e. The van der Waals surface area contributed by atoms with Crippen LogP contribution >= 0.6 is 39.1 Å². The lowest BCUT2D eigenvalue weighted by Gasteiger charge is -2.15. The van der Waals surface area contributed by atoms with Crippen molar-refractivity contribution in [2.75, 3.05) is 12.4 Å². The van der Waals surface area contributed by atoms with E-state index in [1.807, 2.05) is 6.07 Å². The van der Waals surface area contributed by atoms with Crippen LogP contribution in [0.2, 0.25) is 10.0 Å². The fraction of sp³-hybridized carbons (Fsp3) is 0.417. The standard InChI is InChI=1S/C12H11BrCl2O2/c1-17-11(16)12(5-8(12)6-13)7-2-3-9(14)10(15)4-7/h2-4,8H,5-6H2,1H3/t8-,12?/m0/s1. The summed E-state index contributed by atoms with van der Waals surface area (Å²) in [6, 6.07) is 5.31. The average Bonchev–Trinajstić information content (AvgIpc) is 3.07. The van der Waals surface area contributed by atoms with Crippen molar-refractivity contribution < 1.29 is 9.53 Å². The van der Waals surface area contributed by atoms with E-state index >= 15 is 0 Å². The van der Waals surface area contributed by atoms with E-state index in [-0.39, 0.29) is 11.9 Å². The highest BCUT2D eigenvalue weighted by Gasteiger charge is 2.61. The predicted octanol–water partition coefficient (Wildman–Crippen LogP) is 3.82. The van der Waals surface area contributed by atoms with Crippen molar-refractivity contribution in [2.24, 2.45) is 5.92 Å². The number of carbonyl (C=O) groups excluding carboxylic acids is 1. The molecule has 0 bridgehead atoms. The van der Waals surface area contributed by atoms with Crippen molar-refractivity contribution in [3.63, 3.8) is 0 Å². The zero-order chi connectivity index (χ0) is 12.6. The molecule has 0 spiro atoms. The Morgan fingerprint density at radius 1 is 1.53 bits per heavy atom. The van der Waals surface area contributed by atoms with Crippen LogP contribution in [0.3, 0.4) is 0 Å². The molecule has 17 heavy (non-hydrogen) atoms. The molecule has 0 heterocycles. The molecule has 0 amide bonds. The first-order valence-corrected chi connectivity index (χ1v) is 7.04. The molecule has 1 unspecified atom stereocenters. The normalized spacial score (nSPS) is 26.7. The van der Waals surface area contributed by atoms with Crippen molar-refractivity contribution in [1.82, 2.24) is 0 Å². The van der Waals surface area contributed by atoms with Crippen molar-refractivity contribution in [3.05, 3.63) is 33.8 Å². The number of rotatable bonds is 3. The minimum Gasteiger partial charge on any atom is -0.468 e. The minimum atomic E-state index is -0.549. The molecular weight excluding hydrogens is 327 g/mol. The maximum absolute atomic E-state index is 11.9. The van der Waals surface area contributed by atoms with Gasteiger partial charge in [0.1, 0.15) is 0 Å². The van der Waals surface area contributed by atoms with E-state index in [0.29, 0.717) is 10.0 Å². The Labute approximate surface area is 118 Å². The largest absolute Gasteiger partial charge is 0.468 e. The maximum Gasteiger partial charge on any atom is 0.316 e. The first-order chi connectivity index (χ1) is 8.06. The number of benzene rings is 1. The van der Waals surface area contributed by atoms with Crippen LogP contribution < -0.4 is 0 Å². The number of methoxy groups -OCH3 is 1. The summed E-state index contributed by atoms with van der Waals surface area (Å²) in [6.07, 6.45) is 0.781. The van der Waals surface area contributed by atoms with Crippen LogP contribution in [0.1, 0.15) is 12.0 Å². The van der Waals surface area contributed by atoms with Gasteiger partial charge in [-0.1, -0.05) is 45.2 Å². The third-order valence-corrected chi connectivity index (χ3v) is 4.80. The summed E-state index contributed by atoms with van der Waals surface area (Å²) in [7, 11) is 1.41. The lowest BCUT2D eigenvalue weighted by atomic mass is 9.93. The molecule has 1 aromatic carbocycles.